The molecule has 1 aliphatic carbocycles. The molecular weight excluding hydrogens is 522 g/mol. The molecule has 3 aromatic carbocycles. The molecule has 0 aromatic heterocycles. The lowest BCUT2D eigenvalue weighted by atomic mass is 10.1. The Morgan fingerprint density at radius 3 is 2.17 bits per heavy atom. The molecule has 0 radical (unpaired) electrons. The van der Waals surface area contributed by atoms with Crippen LogP contribution in [-0.2, 0) is 26.2 Å². The maximum atomic E-state index is 14.1. The number of carbonyl (C=O) groups excluding carboxylic acids is 2. The average Bonchev–Trinajstić information content (AvgIpc) is 3.45. The smallest absolute Gasteiger partial charge is 0.264 e. The first-order valence-electron chi connectivity index (χ1n) is 13.9. The molecule has 1 aliphatic rings. The average molecular weight is 562 g/mol. The molecule has 1 fully saturated rings. The summed E-state index contributed by atoms with van der Waals surface area (Å²) >= 11 is 0. The van der Waals surface area contributed by atoms with Crippen molar-refractivity contribution in [3.8, 4) is 0 Å². The van der Waals surface area contributed by atoms with Crippen molar-refractivity contribution in [2.45, 2.75) is 76.9 Å². The topological polar surface area (TPSA) is 86.8 Å². The Balaban J connectivity index is 1.70. The van der Waals surface area contributed by atoms with Crippen LogP contribution >= 0.6 is 0 Å². The van der Waals surface area contributed by atoms with Crippen molar-refractivity contribution in [1.29, 1.82) is 0 Å². The molecule has 2 amide bonds. The van der Waals surface area contributed by atoms with Crippen LogP contribution in [-0.4, -0.2) is 43.8 Å². The van der Waals surface area contributed by atoms with Gasteiger partial charge in [0.2, 0.25) is 11.8 Å². The van der Waals surface area contributed by atoms with Crippen LogP contribution in [0.5, 0.6) is 0 Å². The zero-order chi connectivity index (χ0) is 28.9. The van der Waals surface area contributed by atoms with E-state index in [9.17, 15) is 18.0 Å². The third kappa shape index (κ3) is 6.91. The molecule has 4 rings (SSSR count). The summed E-state index contributed by atoms with van der Waals surface area (Å²) in [5.41, 5.74) is 3.84. The van der Waals surface area contributed by atoms with Gasteiger partial charge in [-0.25, -0.2) is 8.42 Å². The van der Waals surface area contributed by atoms with E-state index >= 15 is 0 Å². The summed E-state index contributed by atoms with van der Waals surface area (Å²) in [6, 6.07) is 20.9. The highest BCUT2D eigenvalue weighted by atomic mass is 32.2. The number of aryl methyl sites for hydroxylation is 3. The molecular formula is C32H39N3O4S. The molecule has 1 atom stereocenters. The molecule has 0 spiro atoms. The van der Waals surface area contributed by atoms with Crippen molar-refractivity contribution in [2.75, 3.05) is 10.8 Å². The molecule has 0 aliphatic heterocycles. The van der Waals surface area contributed by atoms with Crippen LogP contribution in [0.25, 0.3) is 0 Å². The van der Waals surface area contributed by atoms with E-state index in [0.29, 0.717) is 5.69 Å². The number of amides is 2. The largest absolute Gasteiger partial charge is 0.352 e. The lowest BCUT2D eigenvalue weighted by Gasteiger charge is -2.33. The quantitative estimate of drug-likeness (QED) is 0.365. The second kappa shape index (κ2) is 12.7. The summed E-state index contributed by atoms with van der Waals surface area (Å²) in [4.78, 5) is 29.0. The van der Waals surface area contributed by atoms with Crippen LogP contribution in [0, 0.1) is 20.8 Å². The van der Waals surface area contributed by atoms with Gasteiger partial charge < -0.3 is 10.2 Å². The molecule has 8 heteroatoms. The molecule has 0 heterocycles. The SMILES string of the molecule is Cc1ccc(S(=O)(=O)N(CC(=O)N(Cc2ccccc2)[C@@H](C)C(=O)NC2CCCC2)c2cc(C)ccc2C)cc1. The molecule has 0 unspecified atom stereocenters. The number of nitrogens with one attached hydrogen (secondary N) is 1. The summed E-state index contributed by atoms with van der Waals surface area (Å²) in [6.45, 7) is 7.07. The molecule has 1 N–H and O–H groups in total. The monoisotopic (exact) mass is 561 g/mol. The summed E-state index contributed by atoms with van der Waals surface area (Å²) in [5.74, 6) is -0.676. The number of hydrogen-bond donors (Lipinski definition) is 1. The van der Waals surface area contributed by atoms with Crippen LogP contribution in [0.4, 0.5) is 5.69 Å². The van der Waals surface area contributed by atoms with Gasteiger partial charge in [-0.15, -0.1) is 0 Å². The first kappa shape index (κ1) is 29.3. The van der Waals surface area contributed by atoms with Gasteiger partial charge >= 0.3 is 0 Å². The van der Waals surface area contributed by atoms with E-state index in [1.165, 1.54) is 9.21 Å². The van der Waals surface area contributed by atoms with Crippen LogP contribution in [0.15, 0.2) is 77.7 Å². The second-order valence-corrected chi connectivity index (χ2v) is 12.7. The fraction of sp³-hybridized carbons (Fsp3) is 0.375. The van der Waals surface area contributed by atoms with Crippen LogP contribution in [0.3, 0.4) is 0 Å². The third-order valence-electron chi connectivity index (χ3n) is 7.59. The van der Waals surface area contributed by atoms with E-state index in [1.807, 2.05) is 63.2 Å². The van der Waals surface area contributed by atoms with Gasteiger partial charge in [-0.05, 0) is 75.4 Å². The van der Waals surface area contributed by atoms with Crippen LogP contribution < -0.4 is 9.62 Å². The summed E-state index contributed by atoms with van der Waals surface area (Å²) in [7, 11) is -4.09. The Hall–Kier alpha value is -3.65. The number of rotatable bonds is 10. The minimum absolute atomic E-state index is 0.105. The predicted octanol–water partition coefficient (Wildman–Crippen LogP) is 5.28. The highest BCUT2D eigenvalue weighted by Gasteiger charge is 2.34. The Labute approximate surface area is 238 Å². The maximum absolute atomic E-state index is 14.1. The number of anilines is 1. The van der Waals surface area contributed by atoms with Crippen LogP contribution in [0.2, 0.25) is 0 Å². The van der Waals surface area contributed by atoms with Gasteiger partial charge in [0.05, 0.1) is 10.6 Å². The van der Waals surface area contributed by atoms with E-state index in [4.69, 9.17) is 0 Å². The van der Waals surface area contributed by atoms with E-state index in [1.54, 1.807) is 37.3 Å². The van der Waals surface area contributed by atoms with Crippen molar-refractivity contribution < 1.29 is 18.0 Å². The minimum Gasteiger partial charge on any atom is -0.352 e. The Bertz CT molecular complexity index is 1430. The van der Waals surface area contributed by atoms with Crippen molar-refractivity contribution >= 4 is 27.5 Å². The van der Waals surface area contributed by atoms with Gasteiger partial charge in [0.1, 0.15) is 12.6 Å². The molecule has 0 bridgehead atoms. The van der Waals surface area contributed by atoms with Gasteiger partial charge in [-0.1, -0.05) is 73.0 Å². The normalized spacial score (nSPS) is 14.5. The lowest BCUT2D eigenvalue weighted by Crippen LogP contribution is -2.52. The molecule has 7 nitrogen and oxygen atoms in total. The van der Waals surface area contributed by atoms with Gasteiger partial charge in [-0.2, -0.15) is 0 Å². The number of hydrogen-bond acceptors (Lipinski definition) is 4. The molecule has 212 valence electrons. The van der Waals surface area contributed by atoms with Crippen molar-refractivity contribution in [3.63, 3.8) is 0 Å². The van der Waals surface area contributed by atoms with E-state index in [2.05, 4.69) is 5.32 Å². The second-order valence-electron chi connectivity index (χ2n) is 10.8. The molecule has 40 heavy (non-hydrogen) atoms. The Kier molecular flexibility index (Phi) is 9.30. The molecule has 3 aromatic rings. The van der Waals surface area contributed by atoms with E-state index < -0.39 is 28.5 Å². The van der Waals surface area contributed by atoms with E-state index in [0.717, 1.165) is 47.9 Å². The van der Waals surface area contributed by atoms with Crippen molar-refractivity contribution in [2.24, 2.45) is 0 Å². The first-order valence-corrected chi connectivity index (χ1v) is 15.3. The van der Waals surface area contributed by atoms with E-state index in [-0.39, 0.29) is 23.4 Å². The summed E-state index contributed by atoms with van der Waals surface area (Å²) in [6.07, 6.45) is 4.02. The molecule has 0 saturated heterocycles. The summed E-state index contributed by atoms with van der Waals surface area (Å²) in [5, 5.41) is 3.10. The van der Waals surface area contributed by atoms with Crippen molar-refractivity contribution in [3.05, 3.63) is 95.1 Å². The fourth-order valence-electron chi connectivity index (χ4n) is 5.09. The maximum Gasteiger partial charge on any atom is 0.264 e. The zero-order valence-electron chi connectivity index (χ0n) is 23.8. The predicted molar refractivity (Wildman–Crippen MR) is 158 cm³/mol. The fourth-order valence-corrected chi connectivity index (χ4v) is 6.56. The Morgan fingerprint density at radius 1 is 0.900 bits per heavy atom. The zero-order valence-corrected chi connectivity index (χ0v) is 24.6. The first-order chi connectivity index (χ1) is 19.1. The standard InChI is InChI=1S/C32H39N3O4S/c1-23-15-18-29(19-16-23)40(38,39)35(30-20-24(2)14-17-25(30)3)22-31(36)34(21-27-10-6-5-7-11-27)26(4)32(37)33-28-12-8-9-13-28/h5-7,10-11,14-20,26,28H,8-9,12-13,21-22H2,1-4H3,(H,33,37)/t26-/m0/s1. The number of benzene rings is 3. The van der Waals surface area contributed by atoms with Gasteiger partial charge in [0, 0.05) is 12.6 Å². The lowest BCUT2D eigenvalue weighted by molar-refractivity contribution is -0.139. The number of nitrogens with zero attached hydrogens (tertiary/aromatic N) is 2. The Morgan fingerprint density at radius 2 is 1.52 bits per heavy atom. The number of sulfonamides is 1. The minimum atomic E-state index is -4.09. The summed E-state index contributed by atoms with van der Waals surface area (Å²) < 4.78 is 29.3. The van der Waals surface area contributed by atoms with Gasteiger partial charge in [0.15, 0.2) is 0 Å². The molecule has 1 saturated carbocycles. The van der Waals surface area contributed by atoms with Gasteiger partial charge in [-0.3, -0.25) is 13.9 Å². The third-order valence-corrected chi connectivity index (χ3v) is 9.36. The highest BCUT2D eigenvalue weighted by molar-refractivity contribution is 7.92. The number of carbonyl (C=O) groups is 2. The van der Waals surface area contributed by atoms with Gasteiger partial charge in [0.25, 0.3) is 10.0 Å². The highest BCUT2D eigenvalue weighted by Crippen LogP contribution is 2.29. The van der Waals surface area contributed by atoms with Crippen molar-refractivity contribution in [1.82, 2.24) is 10.2 Å². The van der Waals surface area contributed by atoms with Crippen LogP contribution in [0.1, 0.15) is 54.9 Å².